The second-order valence-electron chi connectivity index (χ2n) is 5.15. The molecule has 4 nitrogen and oxygen atoms in total. The van der Waals surface area contributed by atoms with E-state index in [1.54, 1.807) is 6.92 Å². The number of aromatic nitrogens is 2. The molecule has 2 aromatic rings. The van der Waals surface area contributed by atoms with Gasteiger partial charge in [-0.15, -0.1) is 0 Å². The van der Waals surface area contributed by atoms with Gasteiger partial charge in [0.05, 0.1) is 12.5 Å². The van der Waals surface area contributed by atoms with Crippen LogP contribution in [-0.4, -0.2) is 15.9 Å². The molecule has 0 radical (unpaired) electrons. The van der Waals surface area contributed by atoms with Crippen molar-refractivity contribution in [2.45, 2.75) is 32.5 Å². The first-order valence-corrected chi connectivity index (χ1v) is 7.01. The maximum Gasteiger partial charge on any atom is 0.433 e. The van der Waals surface area contributed by atoms with E-state index in [1.165, 1.54) is 0 Å². The summed E-state index contributed by atoms with van der Waals surface area (Å²) in [5, 5.41) is 2.57. The third-order valence-corrected chi connectivity index (χ3v) is 3.46. The van der Waals surface area contributed by atoms with E-state index in [0.29, 0.717) is 0 Å². The van der Waals surface area contributed by atoms with Gasteiger partial charge in [-0.3, -0.25) is 4.79 Å². The first-order chi connectivity index (χ1) is 10.8. The quantitative estimate of drug-likeness (QED) is 0.940. The Morgan fingerprint density at radius 3 is 2.61 bits per heavy atom. The Morgan fingerprint density at radius 2 is 1.96 bits per heavy atom. The van der Waals surface area contributed by atoms with E-state index in [2.05, 4.69) is 15.3 Å². The molecule has 1 aromatic carbocycles. The minimum atomic E-state index is -4.53. The van der Waals surface area contributed by atoms with Crippen LogP contribution in [0.1, 0.15) is 35.5 Å². The fourth-order valence-electron chi connectivity index (χ4n) is 2.18. The van der Waals surface area contributed by atoms with Crippen LogP contribution in [0.15, 0.2) is 36.5 Å². The van der Waals surface area contributed by atoms with E-state index >= 15 is 0 Å². The first-order valence-electron chi connectivity index (χ1n) is 7.01. The van der Waals surface area contributed by atoms with E-state index in [1.807, 2.05) is 31.2 Å². The topological polar surface area (TPSA) is 54.9 Å². The highest BCUT2D eigenvalue weighted by Gasteiger charge is 2.32. The average molecular weight is 323 g/mol. The second kappa shape index (κ2) is 6.76. The maximum atomic E-state index is 12.6. The summed E-state index contributed by atoms with van der Waals surface area (Å²) in [5.74, 6) is -0.785. The summed E-state index contributed by atoms with van der Waals surface area (Å²) in [6.45, 7) is 3.48. The molecule has 0 saturated heterocycles. The lowest BCUT2D eigenvalue weighted by Gasteiger charge is -2.14. The number of nitrogens with one attached hydrogen (secondary N) is 1. The third kappa shape index (κ3) is 4.28. The van der Waals surface area contributed by atoms with Gasteiger partial charge in [0.25, 0.3) is 0 Å². The highest BCUT2D eigenvalue weighted by atomic mass is 19.4. The largest absolute Gasteiger partial charge is 0.433 e. The van der Waals surface area contributed by atoms with Crippen LogP contribution in [0, 0.1) is 6.92 Å². The fourth-order valence-corrected chi connectivity index (χ4v) is 2.18. The summed E-state index contributed by atoms with van der Waals surface area (Å²) in [5.41, 5.74) is 0.823. The molecule has 1 unspecified atom stereocenters. The van der Waals surface area contributed by atoms with Crippen molar-refractivity contribution in [1.29, 1.82) is 0 Å². The third-order valence-electron chi connectivity index (χ3n) is 3.46. The van der Waals surface area contributed by atoms with Crippen LogP contribution in [0.3, 0.4) is 0 Å². The fraction of sp³-hybridized carbons (Fsp3) is 0.312. The van der Waals surface area contributed by atoms with Crippen LogP contribution < -0.4 is 5.32 Å². The minimum absolute atomic E-state index is 0.0786. The molecule has 0 aliphatic heterocycles. The highest BCUT2D eigenvalue weighted by Crippen LogP contribution is 2.27. The van der Waals surface area contributed by atoms with Crippen LogP contribution in [-0.2, 0) is 17.5 Å². The molecule has 1 aromatic heterocycles. The molecule has 0 saturated carbocycles. The van der Waals surface area contributed by atoms with Crippen molar-refractivity contribution in [2.24, 2.45) is 0 Å². The van der Waals surface area contributed by atoms with Gasteiger partial charge in [-0.2, -0.15) is 13.2 Å². The molecular weight excluding hydrogens is 307 g/mol. The standard InChI is InChI=1S/C16H16F3N3O/c1-10-5-3-4-6-12(10)11(2)15(23)21-9-14-20-8-7-13(22-14)16(17,18)19/h3-8,11H,9H2,1-2H3,(H,21,23). The molecular formula is C16H16F3N3O. The molecule has 0 spiro atoms. The zero-order valence-corrected chi connectivity index (χ0v) is 12.7. The molecule has 0 fully saturated rings. The molecule has 1 amide bonds. The number of alkyl halides is 3. The number of carbonyl (C=O) groups excluding carboxylic acids is 1. The Morgan fingerprint density at radius 1 is 1.26 bits per heavy atom. The van der Waals surface area contributed by atoms with Gasteiger partial charge in [-0.05, 0) is 31.0 Å². The molecule has 1 heterocycles. The van der Waals surface area contributed by atoms with Gasteiger partial charge >= 0.3 is 6.18 Å². The lowest BCUT2D eigenvalue weighted by Crippen LogP contribution is -2.29. The number of aryl methyl sites for hydroxylation is 1. The molecule has 0 aliphatic carbocycles. The van der Waals surface area contributed by atoms with E-state index < -0.39 is 17.8 Å². The SMILES string of the molecule is Cc1ccccc1C(C)C(=O)NCc1nccc(C(F)(F)F)n1. The van der Waals surface area contributed by atoms with Gasteiger partial charge < -0.3 is 5.32 Å². The molecule has 1 atom stereocenters. The Kier molecular flexibility index (Phi) is 4.98. The van der Waals surface area contributed by atoms with Crippen molar-refractivity contribution in [3.05, 3.63) is 59.2 Å². The zero-order chi connectivity index (χ0) is 17.0. The summed E-state index contributed by atoms with van der Waals surface area (Å²) in [7, 11) is 0. The molecule has 1 N–H and O–H groups in total. The normalized spacial score (nSPS) is 12.7. The van der Waals surface area contributed by atoms with Crippen molar-refractivity contribution in [3.63, 3.8) is 0 Å². The maximum absolute atomic E-state index is 12.6. The Balaban J connectivity index is 2.04. The molecule has 2 rings (SSSR count). The molecule has 23 heavy (non-hydrogen) atoms. The number of benzene rings is 1. The van der Waals surface area contributed by atoms with E-state index in [0.717, 1.165) is 23.4 Å². The van der Waals surface area contributed by atoms with Crippen molar-refractivity contribution >= 4 is 5.91 Å². The lowest BCUT2D eigenvalue weighted by atomic mass is 9.96. The van der Waals surface area contributed by atoms with Gasteiger partial charge in [0.15, 0.2) is 0 Å². The lowest BCUT2D eigenvalue weighted by molar-refractivity contribution is -0.141. The molecule has 122 valence electrons. The van der Waals surface area contributed by atoms with E-state index in [9.17, 15) is 18.0 Å². The molecule has 0 bridgehead atoms. The van der Waals surface area contributed by atoms with Crippen LogP contribution in [0.4, 0.5) is 13.2 Å². The smallest absolute Gasteiger partial charge is 0.348 e. The summed E-state index contributed by atoms with van der Waals surface area (Å²) in [6, 6.07) is 8.25. The van der Waals surface area contributed by atoms with Crippen molar-refractivity contribution in [1.82, 2.24) is 15.3 Å². The number of rotatable bonds is 4. The van der Waals surface area contributed by atoms with Crippen LogP contribution in [0.5, 0.6) is 0 Å². The summed E-state index contributed by atoms with van der Waals surface area (Å²) < 4.78 is 37.7. The predicted molar refractivity (Wildman–Crippen MR) is 78.5 cm³/mol. The van der Waals surface area contributed by atoms with Gasteiger partial charge in [0, 0.05) is 6.20 Å². The van der Waals surface area contributed by atoms with Gasteiger partial charge in [0.2, 0.25) is 5.91 Å². The number of halogens is 3. The number of nitrogens with zero attached hydrogens (tertiary/aromatic N) is 2. The number of hydrogen-bond acceptors (Lipinski definition) is 3. The van der Waals surface area contributed by atoms with Crippen molar-refractivity contribution in [3.8, 4) is 0 Å². The molecule has 7 heteroatoms. The second-order valence-corrected chi connectivity index (χ2v) is 5.15. The van der Waals surface area contributed by atoms with Crippen LogP contribution >= 0.6 is 0 Å². The summed E-state index contributed by atoms with van der Waals surface area (Å²) in [4.78, 5) is 19.3. The average Bonchev–Trinajstić information content (AvgIpc) is 2.52. The first kappa shape index (κ1) is 16.9. The van der Waals surface area contributed by atoms with Gasteiger partial charge in [-0.25, -0.2) is 9.97 Å². The minimum Gasteiger partial charge on any atom is -0.348 e. The summed E-state index contributed by atoms with van der Waals surface area (Å²) in [6.07, 6.45) is -3.50. The van der Waals surface area contributed by atoms with Crippen LogP contribution in [0.25, 0.3) is 0 Å². The Hall–Kier alpha value is -2.44. The van der Waals surface area contributed by atoms with Crippen LogP contribution in [0.2, 0.25) is 0 Å². The summed E-state index contributed by atoms with van der Waals surface area (Å²) >= 11 is 0. The highest BCUT2D eigenvalue weighted by molar-refractivity contribution is 5.83. The number of carbonyl (C=O) groups is 1. The van der Waals surface area contributed by atoms with Gasteiger partial charge in [-0.1, -0.05) is 24.3 Å². The monoisotopic (exact) mass is 323 g/mol. The van der Waals surface area contributed by atoms with E-state index in [4.69, 9.17) is 0 Å². The Bertz CT molecular complexity index is 701. The van der Waals surface area contributed by atoms with Crippen molar-refractivity contribution in [2.75, 3.05) is 0 Å². The number of hydrogen-bond donors (Lipinski definition) is 1. The molecule has 0 aliphatic rings. The number of amides is 1. The zero-order valence-electron chi connectivity index (χ0n) is 12.7. The van der Waals surface area contributed by atoms with Crippen molar-refractivity contribution < 1.29 is 18.0 Å². The van der Waals surface area contributed by atoms with Gasteiger partial charge in [0.1, 0.15) is 11.5 Å². The Labute approximate surface area is 131 Å². The predicted octanol–water partition coefficient (Wildman–Crippen LogP) is 3.22. The van der Waals surface area contributed by atoms with E-state index in [-0.39, 0.29) is 18.3 Å².